The largest absolute Gasteiger partial charge is 0.390 e. The molecule has 0 bridgehead atoms. The van der Waals surface area contributed by atoms with E-state index in [0.717, 1.165) is 18.6 Å². The van der Waals surface area contributed by atoms with E-state index < -0.39 is 18.2 Å². The Morgan fingerprint density at radius 2 is 2.14 bits per heavy atom. The number of benzene rings is 1. The van der Waals surface area contributed by atoms with Crippen molar-refractivity contribution in [1.29, 1.82) is 0 Å². The number of halogens is 2. The molecule has 1 heterocycles. The minimum absolute atomic E-state index is 0.124. The molecule has 0 aliphatic carbocycles. The van der Waals surface area contributed by atoms with Crippen molar-refractivity contribution in [2.75, 3.05) is 6.54 Å². The third-order valence-electron chi connectivity index (χ3n) is 3.01. The summed E-state index contributed by atoms with van der Waals surface area (Å²) in [7, 11) is 0. The van der Waals surface area contributed by atoms with Crippen molar-refractivity contribution in [2.45, 2.75) is 26.5 Å². The summed E-state index contributed by atoms with van der Waals surface area (Å²) in [6, 6.07) is 3.30. The Hall–Kier alpha value is -2.35. The molecule has 22 heavy (non-hydrogen) atoms. The zero-order chi connectivity index (χ0) is 16.1. The summed E-state index contributed by atoms with van der Waals surface area (Å²) in [5.41, 5.74) is 0.763. The summed E-state index contributed by atoms with van der Waals surface area (Å²) in [6.45, 7) is 1.90. The van der Waals surface area contributed by atoms with Crippen LogP contribution in [0.1, 0.15) is 19.0 Å². The monoisotopic (exact) mass is 310 g/mol. The average molecular weight is 310 g/mol. The lowest BCUT2D eigenvalue weighted by Gasteiger charge is -2.08. The summed E-state index contributed by atoms with van der Waals surface area (Å²) in [5, 5.41) is 19.5. The highest BCUT2D eigenvalue weighted by Gasteiger charge is 2.17. The minimum Gasteiger partial charge on any atom is -0.390 e. The van der Waals surface area contributed by atoms with Gasteiger partial charge in [0.1, 0.15) is 12.2 Å². The van der Waals surface area contributed by atoms with E-state index in [1.807, 2.05) is 6.92 Å². The second kappa shape index (κ2) is 7.08. The van der Waals surface area contributed by atoms with Crippen molar-refractivity contribution in [3.8, 4) is 11.3 Å². The smallest absolute Gasteiger partial charge is 0.241 e. The maximum atomic E-state index is 13.4. The number of nitrogens with zero attached hydrogens (tertiary/aromatic N) is 3. The zero-order valence-electron chi connectivity index (χ0n) is 12.0. The van der Waals surface area contributed by atoms with Crippen molar-refractivity contribution >= 4 is 5.91 Å². The Labute approximate surface area is 125 Å². The average Bonchev–Trinajstić information content (AvgIpc) is 2.90. The van der Waals surface area contributed by atoms with Crippen LogP contribution < -0.4 is 5.32 Å². The van der Waals surface area contributed by atoms with Crippen LogP contribution in [-0.4, -0.2) is 32.6 Å². The number of carbonyl (C=O) groups excluding carboxylic acids is 1. The summed E-state index contributed by atoms with van der Waals surface area (Å²) < 4.78 is 27.7. The number of hydrogen-bond donors (Lipinski definition) is 2. The van der Waals surface area contributed by atoms with Crippen molar-refractivity contribution in [3.05, 3.63) is 35.5 Å². The molecule has 6 nitrogen and oxygen atoms in total. The molecule has 0 atom stereocenters. The first kappa shape index (κ1) is 16.0. The lowest BCUT2D eigenvalue weighted by Crippen LogP contribution is -2.28. The fourth-order valence-corrected chi connectivity index (χ4v) is 1.98. The van der Waals surface area contributed by atoms with Gasteiger partial charge in [-0.15, -0.1) is 5.10 Å². The molecule has 1 amide bonds. The van der Waals surface area contributed by atoms with E-state index in [9.17, 15) is 18.7 Å². The molecule has 2 aromatic rings. The van der Waals surface area contributed by atoms with Gasteiger partial charge in [-0.2, -0.15) is 0 Å². The summed E-state index contributed by atoms with van der Waals surface area (Å²) in [4.78, 5) is 11.8. The number of carbonyl (C=O) groups is 1. The molecule has 1 aromatic carbocycles. The van der Waals surface area contributed by atoms with E-state index >= 15 is 0 Å². The first-order valence-electron chi connectivity index (χ1n) is 6.82. The van der Waals surface area contributed by atoms with Gasteiger partial charge >= 0.3 is 0 Å². The van der Waals surface area contributed by atoms with Gasteiger partial charge in [-0.3, -0.25) is 4.79 Å². The van der Waals surface area contributed by atoms with Crippen molar-refractivity contribution in [2.24, 2.45) is 0 Å². The molecule has 118 valence electrons. The maximum Gasteiger partial charge on any atom is 0.241 e. The van der Waals surface area contributed by atoms with Gasteiger partial charge in [-0.25, -0.2) is 13.5 Å². The second-order valence-corrected chi connectivity index (χ2v) is 4.68. The van der Waals surface area contributed by atoms with Crippen molar-refractivity contribution in [3.63, 3.8) is 0 Å². The van der Waals surface area contributed by atoms with Crippen molar-refractivity contribution in [1.82, 2.24) is 20.3 Å². The van der Waals surface area contributed by atoms with E-state index in [0.29, 0.717) is 6.54 Å². The van der Waals surface area contributed by atoms with Crippen LogP contribution in [0.5, 0.6) is 0 Å². The quantitative estimate of drug-likeness (QED) is 0.841. The summed E-state index contributed by atoms with van der Waals surface area (Å²) >= 11 is 0. The number of nitrogens with one attached hydrogen (secondary N) is 1. The molecular formula is C14H16F2N4O2. The van der Waals surface area contributed by atoms with Crippen LogP contribution in [0.25, 0.3) is 11.3 Å². The van der Waals surface area contributed by atoms with Crippen molar-refractivity contribution < 1.29 is 18.7 Å². The normalized spacial score (nSPS) is 10.7. The first-order chi connectivity index (χ1) is 10.6. The number of amides is 1. The van der Waals surface area contributed by atoms with Crippen LogP contribution in [0.15, 0.2) is 18.2 Å². The molecule has 1 aromatic heterocycles. The molecule has 0 fully saturated rings. The van der Waals surface area contributed by atoms with Gasteiger partial charge in [-0.05, 0) is 24.6 Å². The number of rotatable bonds is 6. The highest BCUT2D eigenvalue weighted by Crippen LogP contribution is 2.24. The van der Waals surface area contributed by atoms with Gasteiger partial charge in [-0.1, -0.05) is 12.1 Å². The highest BCUT2D eigenvalue weighted by molar-refractivity contribution is 5.76. The molecule has 2 rings (SSSR count). The summed E-state index contributed by atoms with van der Waals surface area (Å²) in [6.07, 6.45) is 0.793. The third-order valence-corrected chi connectivity index (χ3v) is 3.01. The van der Waals surface area contributed by atoms with Crippen LogP contribution in [0.2, 0.25) is 0 Å². The van der Waals surface area contributed by atoms with Crippen LogP contribution in [0.4, 0.5) is 8.78 Å². The first-order valence-corrected chi connectivity index (χ1v) is 6.82. The lowest BCUT2D eigenvalue weighted by atomic mass is 10.1. The standard InChI is InChI=1S/C14H16F2N4O2/c1-2-5-17-13(22)7-20-14(12(8-21)18-19-20)9-3-4-10(15)11(16)6-9/h3-4,6,21H,2,5,7-8H2,1H3,(H,17,22). The molecule has 0 aliphatic heterocycles. The molecule has 0 radical (unpaired) electrons. The Bertz CT molecular complexity index is 673. The van der Waals surface area contributed by atoms with E-state index in [2.05, 4.69) is 15.6 Å². The molecular weight excluding hydrogens is 294 g/mol. The fraction of sp³-hybridized carbons (Fsp3) is 0.357. The molecule has 0 unspecified atom stereocenters. The van der Waals surface area contributed by atoms with Gasteiger partial charge in [0.2, 0.25) is 5.91 Å². The number of aliphatic hydroxyl groups is 1. The molecule has 2 N–H and O–H groups in total. The second-order valence-electron chi connectivity index (χ2n) is 4.68. The van der Waals surface area contributed by atoms with Gasteiger partial charge in [0.25, 0.3) is 0 Å². The van der Waals surface area contributed by atoms with Crippen LogP contribution in [0.3, 0.4) is 0 Å². The topological polar surface area (TPSA) is 80.0 Å². The molecule has 0 spiro atoms. The van der Waals surface area contributed by atoms with Crippen LogP contribution >= 0.6 is 0 Å². The molecule has 8 heteroatoms. The number of aromatic nitrogens is 3. The van der Waals surface area contributed by atoms with E-state index in [-0.39, 0.29) is 29.4 Å². The number of hydrogen-bond acceptors (Lipinski definition) is 4. The predicted molar refractivity (Wildman–Crippen MR) is 74.6 cm³/mol. The lowest BCUT2D eigenvalue weighted by molar-refractivity contribution is -0.121. The Morgan fingerprint density at radius 1 is 1.36 bits per heavy atom. The van der Waals surface area contributed by atoms with Gasteiger partial charge in [0.05, 0.1) is 12.3 Å². The summed E-state index contributed by atoms with van der Waals surface area (Å²) in [5.74, 6) is -2.28. The Morgan fingerprint density at radius 3 is 2.77 bits per heavy atom. The van der Waals surface area contributed by atoms with E-state index in [4.69, 9.17) is 0 Å². The van der Waals surface area contributed by atoms with E-state index in [1.54, 1.807) is 0 Å². The zero-order valence-corrected chi connectivity index (χ0v) is 12.0. The fourth-order valence-electron chi connectivity index (χ4n) is 1.98. The number of aliphatic hydroxyl groups excluding tert-OH is 1. The van der Waals surface area contributed by atoms with Gasteiger partial charge < -0.3 is 10.4 Å². The Kier molecular flexibility index (Phi) is 5.16. The molecule has 0 aliphatic rings. The maximum absolute atomic E-state index is 13.4. The minimum atomic E-state index is -1.02. The van der Waals surface area contributed by atoms with E-state index in [1.165, 1.54) is 10.7 Å². The molecule has 0 saturated heterocycles. The Balaban J connectivity index is 2.34. The van der Waals surface area contributed by atoms with Crippen LogP contribution in [0, 0.1) is 11.6 Å². The SMILES string of the molecule is CCCNC(=O)Cn1nnc(CO)c1-c1ccc(F)c(F)c1. The highest BCUT2D eigenvalue weighted by atomic mass is 19.2. The van der Waals surface area contributed by atoms with Gasteiger partial charge in [0.15, 0.2) is 11.6 Å². The predicted octanol–water partition coefficient (Wildman–Crippen LogP) is 1.24. The van der Waals surface area contributed by atoms with Crippen LogP contribution in [-0.2, 0) is 17.9 Å². The molecule has 0 saturated carbocycles. The van der Waals surface area contributed by atoms with Gasteiger partial charge in [0, 0.05) is 12.1 Å². The third kappa shape index (κ3) is 3.45.